The van der Waals surface area contributed by atoms with Crippen molar-refractivity contribution in [3.63, 3.8) is 0 Å². The molecule has 1 heterocycles. The molecule has 0 unspecified atom stereocenters. The van der Waals surface area contributed by atoms with Crippen molar-refractivity contribution in [2.75, 3.05) is 6.61 Å². The van der Waals surface area contributed by atoms with Crippen LogP contribution in [0.5, 0.6) is 5.75 Å². The van der Waals surface area contributed by atoms with E-state index in [1.54, 1.807) is 18.2 Å². The minimum Gasteiger partial charge on any atom is -0.494 e. The Bertz CT molecular complexity index is 754. The lowest BCUT2D eigenvalue weighted by atomic mass is 10.1. The second kappa shape index (κ2) is 7.17. The Labute approximate surface area is 132 Å². The van der Waals surface area contributed by atoms with E-state index in [1.807, 2.05) is 19.1 Å². The highest BCUT2D eigenvalue weighted by Gasteiger charge is 2.15. The van der Waals surface area contributed by atoms with Gasteiger partial charge < -0.3 is 9.84 Å². The van der Waals surface area contributed by atoms with Crippen LogP contribution in [0.4, 0.5) is 5.69 Å². The molecule has 0 aliphatic carbocycles. The lowest BCUT2D eigenvalue weighted by molar-refractivity contribution is -0.385. The first-order chi connectivity index (χ1) is 11.0. The van der Waals surface area contributed by atoms with Gasteiger partial charge in [-0.05, 0) is 30.7 Å². The summed E-state index contributed by atoms with van der Waals surface area (Å²) < 4.78 is 5.33. The van der Waals surface area contributed by atoms with Crippen LogP contribution in [-0.4, -0.2) is 27.6 Å². The number of benzene rings is 1. The number of hydrogen-bond acceptors (Lipinski definition) is 5. The molecule has 118 valence electrons. The summed E-state index contributed by atoms with van der Waals surface area (Å²) >= 11 is 0. The van der Waals surface area contributed by atoms with E-state index in [1.165, 1.54) is 6.08 Å². The van der Waals surface area contributed by atoms with Crippen molar-refractivity contribution in [2.45, 2.75) is 6.92 Å². The summed E-state index contributed by atoms with van der Waals surface area (Å²) in [5.74, 6) is -0.531. The molecule has 1 aromatic heterocycles. The SMILES string of the molecule is CCOc1ccc(C=Cc2ncc([N+](=O)[O-])cc2C(=O)O)cc1. The largest absolute Gasteiger partial charge is 0.494 e. The number of ether oxygens (including phenoxy) is 1. The van der Waals surface area contributed by atoms with E-state index in [-0.39, 0.29) is 16.9 Å². The first kappa shape index (κ1) is 16.2. The van der Waals surface area contributed by atoms with Crippen molar-refractivity contribution in [2.24, 2.45) is 0 Å². The molecular formula is C16H14N2O5. The lowest BCUT2D eigenvalue weighted by Gasteiger charge is -2.03. The third-order valence-electron chi connectivity index (χ3n) is 2.97. The molecule has 7 nitrogen and oxygen atoms in total. The number of nitrogens with zero attached hydrogens (tertiary/aromatic N) is 2. The molecule has 0 radical (unpaired) electrons. The van der Waals surface area contributed by atoms with Crippen LogP contribution >= 0.6 is 0 Å². The molecule has 1 aromatic carbocycles. The number of carboxylic acid groups (broad SMARTS) is 1. The number of carbonyl (C=O) groups is 1. The summed E-state index contributed by atoms with van der Waals surface area (Å²) in [6.07, 6.45) is 4.21. The molecule has 23 heavy (non-hydrogen) atoms. The van der Waals surface area contributed by atoms with E-state index in [0.717, 1.165) is 23.6 Å². The zero-order valence-corrected chi connectivity index (χ0v) is 12.3. The van der Waals surface area contributed by atoms with E-state index >= 15 is 0 Å². The third kappa shape index (κ3) is 4.13. The quantitative estimate of drug-likeness (QED) is 0.648. The molecule has 0 amide bonds. The molecule has 0 atom stereocenters. The number of aromatic carboxylic acids is 1. The summed E-state index contributed by atoms with van der Waals surface area (Å²) in [7, 11) is 0. The van der Waals surface area contributed by atoms with Crippen molar-refractivity contribution in [3.05, 3.63) is 63.5 Å². The number of aromatic nitrogens is 1. The summed E-state index contributed by atoms with van der Waals surface area (Å²) in [6.45, 7) is 2.46. The van der Waals surface area contributed by atoms with Gasteiger partial charge in [-0.25, -0.2) is 9.78 Å². The molecule has 0 spiro atoms. The van der Waals surface area contributed by atoms with E-state index in [2.05, 4.69) is 4.98 Å². The predicted octanol–water partition coefficient (Wildman–Crippen LogP) is 3.26. The molecule has 2 aromatic rings. The monoisotopic (exact) mass is 314 g/mol. The fourth-order valence-electron chi connectivity index (χ4n) is 1.89. The van der Waals surface area contributed by atoms with Gasteiger partial charge in [0.05, 0.1) is 22.8 Å². The van der Waals surface area contributed by atoms with Crippen molar-refractivity contribution >= 4 is 23.8 Å². The molecule has 1 N–H and O–H groups in total. The maximum absolute atomic E-state index is 11.2. The zero-order chi connectivity index (χ0) is 16.8. The molecule has 0 fully saturated rings. The van der Waals surface area contributed by atoms with Crippen molar-refractivity contribution in [1.82, 2.24) is 4.98 Å². The number of carboxylic acids is 1. The van der Waals surface area contributed by atoms with Crippen LogP contribution in [0.1, 0.15) is 28.5 Å². The maximum atomic E-state index is 11.2. The molecule has 0 aliphatic rings. The molecule has 0 aliphatic heterocycles. The van der Waals surface area contributed by atoms with Crippen molar-refractivity contribution in [1.29, 1.82) is 0 Å². The fraction of sp³-hybridized carbons (Fsp3) is 0.125. The van der Waals surface area contributed by atoms with E-state index in [4.69, 9.17) is 9.84 Å². The predicted molar refractivity (Wildman–Crippen MR) is 84.4 cm³/mol. The Morgan fingerprint density at radius 3 is 2.61 bits per heavy atom. The summed E-state index contributed by atoms with van der Waals surface area (Å²) in [6, 6.07) is 8.21. The van der Waals surface area contributed by atoms with Crippen LogP contribution in [-0.2, 0) is 0 Å². The second-order valence-corrected chi connectivity index (χ2v) is 4.52. The first-order valence-electron chi connectivity index (χ1n) is 6.80. The maximum Gasteiger partial charge on any atom is 0.338 e. The number of pyridine rings is 1. The Kier molecular flexibility index (Phi) is 5.03. The van der Waals surface area contributed by atoms with Gasteiger partial charge in [-0.2, -0.15) is 0 Å². The highest BCUT2D eigenvalue weighted by molar-refractivity contribution is 5.93. The highest BCUT2D eigenvalue weighted by Crippen LogP contribution is 2.18. The number of nitro groups is 1. The minimum absolute atomic E-state index is 0.150. The van der Waals surface area contributed by atoms with Gasteiger partial charge in [0.15, 0.2) is 0 Å². The standard InChI is InChI=1S/C16H14N2O5/c1-2-23-13-6-3-11(4-7-13)5-8-15-14(16(19)20)9-12(10-17-15)18(21)22/h3-10H,2H2,1H3,(H,19,20). The van der Waals surface area contributed by atoms with Crippen LogP contribution in [0, 0.1) is 10.1 Å². The normalized spacial score (nSPS) is 10.7. The second-order valence-electron chi connectivity index (χ2n) is 4.52. The average molecular weight is 314 g/mol. The smallest absolute Gasteiger partial charge is 0.338 e. The van der Waals surface area contributed by atoms with Gasteiger partial charge in [0.2, 0.25) is 0 Å². The Balaban J connectivity index is 2.27. The molecule has 0 saturated heterocycles. The van der Waals surface area contributed by atoms with E-state index in [9.17, 15) is 14.9 Å². The van der Waals surface area contributed by atoms with Gasteiger partial charge in [0.25, 0.3) is 5.69 Å². The Morgan fingerprint density at radius 1 is 1.35 bits per heavy atom. The number of hydrogen-bond donors (Lipinski definition) is 1. The third-order valence-corrected chi connectivity index (χ3v) is 2.97. The average Bonchev–Trinajstić information content (AvgIpc) is 2.54. The first-order valence-corrected chi connectivity index (χ1v) is 6.80. The van der Waals surface area contributed by atoms with Crippen LogP contribution < -0.4 is 4.74 Å². The van der Waals surface area contributed by atoms with Crippen molar-refractivity contribution < 1.29 is 19.6 Å². The topological polar surface area (TPSA) is 103 Å². The van der Waals surface area contributed by atoms with Gasteiger partial charge in [0.1, 0.15) is 11.9 Å². The molecule has 2 rings (SSSR count). The van der Waals surface area contributed by atoms with E-state index in [0.29, 0.717) is 6.61 Å². The highest BCUT2D eigenvalue weighted by atomic mass is 16.6. The number of rotatable bonds is 6. The summed E-state index contributed by atoms with van der Waals surface area (Å²) in [5.41, 5.74) is 0.393. The van der Waals surface area contributed by atoms with Gasteiger partial charge in [0, 0.05) is 6.07 Å². The van der Waals surface area contributed by atoms with Gasteiger partial charge in [-0.15, -0.1) is 0 Å². The molecule has 0 bridgehead atoms. The van der Waals surface area contributed by atoms with Crippen LogP contribution in [0.2, 0.25) is 0 Å². The van der Waals surface area contributed by atoms with Crippen LogP contribution in [0.3, 0.4) is 0 Å². The van der Waals surface area contributed by atoms with Gasteiger partial charge >= 0.3 is 5.97 Å². The van der Waals surface area contributed by atoms with Crippen LogP contribution in [0.15, 0.2) is 36.5 Å². The van der Waals surface area contributed by atoms with E-state index < -0.39 is 10.9 Å². The van der Waals surface area contributed by atoms with Gasteiger partial charge in [-0.1, -0.05) is 18.2 Å². The zero-order valence-electron chi connectivity index (χ0n) is 12.3. The van der Waals surface area contributed by atoms with Crippen LogP contribution in [0.25, 0.3) is 12.2 Å². The molecule has 7 heteroatoms. The van der Waals surface area contributed by atoms with Crippen molar-refractivity contribution in [3.8, 4) is 5.75 Å². The van der Waals surface area contributed by atoms with Gasteiger partial charge in [-0.3, -0.25) is 10.1 Å². The fourth-order valence-corrected chi connectivity index (χ4v) is 1.89. The lowest BCUT2D eigenvalue weighted by Crippen LogP contribution is -2.03. The minimum atomic E-state index is -1.27. The summed E-state index contributed by atoms with van der Waals surface area (Å²) in [4.78, 5) is 25.1. The Hall–Kier alpha value is -3.22. The molecule has 0 saturated carbocycles. The Morgan fingerprint density at radius 2 is 2.04 bits per heavy atom. The molecular weight excluding hydrogens is 300 g/mol. The summed E-state index contributed by atoms with van der Waals surface area (Å²) in [5, 5.41) is 19.8.